The molecule has 1 atom stereocenters. The Morgan fingerprint density at radius 2 is 1.91 bits per heavy atom. The van der Waals surface area contributed by atoms with Crippen LogP contribution in [0.15, 0.2) is 0 Å². The maximum absolute atomic E-state index is 10.8. The van der Waals surface area contributed by atoms with Crippen LogP contribution >= 0.6 is 0 Å². The van der Waals surface area contributed by atoms with Gasteiger partial charge in [0, 0.05) is 6.54 Å². The molecule has 0 aliphatic rings. The highest BCUT2D eigenvalue weighted by Gasteiger charge is 2.21. The summed E-state index contributed by atoms with van der Waals surface area (Å²) in [5.41, 5.74) is 10.6. The third-order valence-electron chi connectivity index (χ3n) is 1.55. The van der Waals surface area contributed by atoms with Crippen LogP contribution in [-0.4, -0.2) is 12.5 Å². The van der Waals surface area contributed by atoms with Gasteiger partial charge in [-0.25, -0.2) is 0 Å². The Bertz CT molecular complexity index is 138. The van der Waals surface area contributed by atoms with Crippen molar-refractivity contribution in [2.24, 2.45) is 22.8 Å². The van der Waals surface area contributed by atoms with Crippen molar-refractivity contribution in [3.8, 4) is 0 Å². The molecular weight excluding hydrogens is 140 g/mol. The number of amides is 1. The van der Waals surface area contributed by atoms with Crippen molar-refractivity contribution in [2.75, 3.05) is 6.54 Å². The normalized spacial score (nSPS) is 14.5. The summed E-state index contributed by atoms with van der Waals surface area (Å²) in [5.74, 6) is -0.461. The van der Waals surface area contributed by atoms with Crippen LogP contribution < -0.4 is 11.5 Å². The maximum Gasteiger partial charge on any atom is 0.221 e. The zero-order chi connectivity index (χ0) is 9.07. The van der Waals surface area contributed by atoms with Gasteiger partial charge < -0.3 is 11.5 Å². The molecule has 1 amide bonds. The average Bonchev–Trinajstić information content (AvgIpc) is 1.80. The van der Waals surface area contributed by atoms with Crippen LogP contribution in [0.3, 0.4) is 0 Å². The standard InChI is InChI=1S/C8H18N2O/c1-8(2,3)4-6(5-9)7(10)11/h6H,4-5,9H2,1-3H3,(H2,10,11). The highest BCUT2D eigenvalue weighted by molar-refractivity contribution is 5.76. The first-order chi connectivity index (χ1) is 4.87. The summed E-state index contributed by atoms with van der Waals surface area (Å²) in [5, 5.41) is 0. The monoisotopic (exact) mass is 158 g/mol. The van der Waals surface area contributed by atoms with Crippen molar-refractivity contribution in [3.05, 3.63) is 0 Å². The quantitative estimate of drug-likeness (QED) is 0.627. The number of primary amides is 1. The van der Waals surface area contributed by atoms with Crippen molar-refractivity contribution in [2.45, 2.75) is 27.2 Å². The van der Waals surface area contributed by atoms with Crippen LogP contribution in [0.1, 0.15) is 27.2 Å². The van der Waals surface area contributed by atoms with Gasteiger partial charge in [-0.1, -0.05) is 20.8 Å². The second-order valence-electron chi connectivity index (χ2n) is 4.10. The lowest BCUT2D eigenvalue weighted by Crippen LogP contribution is -2.32. The Balaban J connectivity index is 3.99. The molecule has 0 bridgehead atoms. The number of carbonyl (C=O) groups excluding carboxylic acids is 1. The summed E-state index contributed by atoms with van der Waals surface area (Å²) >= 11 is 0. The molecule has 3 heteroatoms. The molecule has 0 rings (SSSR count). The minimum absolute atomic E-state index is 0.124. The van der Waals surface area contributed by atoms with E-state index in [0.29, 0.717) is 6.54 Å². The van der Waals surface area contributed by atoms with Gasteiger partial charge in [-0.15, -0.1) is 0 Å². The predicted octanol–water partition coefficient (Wildman–Crippen LogP) is 0.483. The van der Waals surface area contributed by atoms with E-state index in [9.17, 15) is 4.79 Å². The van der Waals surface area contributed by atoms with Crippen LogP contribution in [-0.2, 0) is 4.79 Å². The molecule has 0 aromatic rings. The molecule has 0 aromatic carbocycles. The van der Waals surface area contributed by atoms with Crippen LogP contribution in [0.25, 0.3) is 0 Å². The predicted molar refractivity (Wildman–Crippen MR) is 45.8 cm³/mol. The molecule has 0 radical (unpaired) electrons. The van der Waals surface area contributed by atoms with Gasteiger partial charge in [-0.2, -0.15) is 0 Å². The van der Waals surface area contributed by atoms with E-state index in [0.717, 1.165) is 6.42 Å². The summed E-state index contributed by atoms with van der Waals surface area (Å²) in [4.78, 5) is 10.8. The van der Waals surface area contributed by atoms with Gasteiger partial charge in [0.25, 0.3) is 0 Å². The van der Waals surface area contributed by atoms with Crippen molar-refractivity contribution in [1.82, 2.24) is 0 Å². The van der Waals surface area contributed by atoms with Gasteiger partial charge in [-0.3, -0.25) is 4.79 Å². The van der Waals surface area contributed by atoms with Crippen molar-refractivity contribution >= 4 is 5.91 Å². The SMILES string of the molecule is CC(C)(C)CC(CN)C(N)=O. The minimum atomic E-state index is -0.289. The molecule has 3 nitrogen and oxygen atoms in total. The van der Waals surface area contributed by atoms with Gasteiger partial charge >= 0.3 is 0 Å². The van der Waals surface area contributed by atoms with E-state index < -0.39 is 0 Å². The molecule has 0 aliphatic carbocycles. The van der Waals surface area contributed by atoms with Gasteiger partial charge in [-0.05, 0) is 11.8 Å². The molecule has 0 fully saturated rings. The molecule has 11 heavy (non-hydrogen) atoms. The third kappa shape index (κ3) is 4.79. The van der Waals surface area contributed by atoms with E-state index in [1.165, 1.54) is 0 Å². The number of nitrogens with two attached hydrogens (primary N) is 2. The third-order valence-corrected chi connectivity index (χ3v) is 1.55. The summed E-state index contributed by atoms with van der Waals surface area (Å²) < 4.78 is 0. The molecule has 0 saturated heterocycles. The van der Waals surface area contributed by atoms with E-state index in [1.54, 1.807) is 0 Å². The number of hydrogen-bond acceptors (Lipinski definition) is 2. The highest BCUT2D eigenvalue weighted by atomic mass is 16.1. The Morgan fingerprint density at radius 3 is 2.00 bits per heavy atom. The zero-order valence-corrected chi connectivity index (χ0v) is 7.55. The minimum Gasteiger partial charge on any atom is -0.369 e. The largest absolute Gasteiger partial charge is 0.369 e. The van der Waals surface area contributed by atoms with Crippen LogP contribution in [0.4, 0.5) is 0 Å². The van der Waals surface area contributed by atoms with E-state index in [4.69, 9.17) is 11.5 Å². The molecule has 0 aromatic heterocycles. The summed E-state index contributed by atoms with van der Waals surface area (Å²) in [6.45, 7) is 6.56. The lowest BCUT2D eigenvalue weighted by atomic mass is 9.84. The highest BCUT2D eigenvalue weighted by Crippen LogP contribution is 2.23. The lowest BCUT2D eigenvalue weighted by Gasteiger charge is -2.22. The molecule has 66 valence electrons. The van der Waals surface area contributed by atoms with E-state index >= 15 is 0 Å². The Hall–Kier alpha value is -0.570. The fourth-order valence-electron chi connectivity index (χ4n) is 1.04. The second kappa shape index (κ2) is 3.72. The van der Waals surface area contributed by atoms with E-state index in [2.05, 4.69) is 20.8 Å². The van der Waals surface area contributed by atoms with E-state index in [-0.39, 0.29) is 17.2 Å². The first-order valence-electron chi connectivity index (χ1n) is 3.86. The Morgan fingerprint density at radius 1 is 1.45 bits per heavy atom. The molecule has 0 saturated carbocycles. The fourth-order valence-corrected chi connectivity index (χ4v) is 1.04. The van der Waals surface area contributed by atoms with Crippen molar-refractivity contribution < 1.29 is 4.79 Å². The van der Waals surface area contributed by atoms with Gasteiger partial charge in [0.1, 0.15) is 0 Å². The van der Waals surface area contributed by atoms with Gasteiger partial charge in [0.2, 0.25) is 5.91 Å². The van der Waals surface area contributed by atoms with Crippen LogP contribution in [0.2, 0.25) is 0 Å². The topological polar surface area (TPSA) is 69.1 Å². The van der Waals surface area contributed by atoms with Crippen molar-refractivity contribution in [3.63, 3.8) is 0 Å². The fraction of sp³-hybridized carbons (Fsp3) is 0.875. The zero-order valence-electron chi connectivity index (χ0n) is 7.55. The smallest absolute Gasteiger partial charge is 0.221 e. The second-order valence-corrected chi connectivity index (χ2v) is 4.10. The Kier molecular flexibility index (Phi) is 3.52. The van der Waals surface area contributed by atoms with Gasteiger partial charge in [0.15, 0.2) is 0 Å². The first-order valence-corrected chi connectivity index (χ1v) is 3.86. The first kappa shape index (κ1) is 10.4. The molecular formula is C8H18N2O. The van der Waals surface area contributed by atoms with Crippen molar-refractivity contribution in [1.29, 1.82) is 0 Å². The van der Waals surface area contributed by atoms with Crippen LogP contribution in [0.5, 0.6) is 0 Å². The summed E-state index contributed by atoms with van der Waals surface area (Å²) in [6, 6.07) is 0. The number of carbonyl (C=O) groups is 1. The van der Waals surface area contributed by atoms with E-state index in [1.807, 2.05) is 0 Å². The number of hydrogen-bond donors (Lipinski definition) is 2. The average molecular weight is 158 g/mol. The Labute approximate surface area is 68.1 Å². The molecule has 1 unspecified atom stereocenters. The van der Waals surface area contributed by atoms with Gasteiger partial charge in [0.05, 0.1) is 5.92 Å². The number of rotatable bonds is 3. The molecule has 0 spiro atoms. The molecule has 0 heterocycles. The summed E-state index contributed by atoms with van der Waals surface area (Å²) in [6.07, 6.45) is 0.763. The van der Waals surface area contributed by atoms with Crippen LogP contribution in [0, 0.1) is 11.3 Å². The lowest BCUT2D eigenvalue weighted by molar-refractivity contribution is -0.122. The molecule has 0 aliphatic heterocycles. The summed E-state index contributed by atoms with van der Waals surface area (Å²) in [7, 11) is 0. The molecule has 4 N–H and O–H groups in total. The maximum atomic E-state index is 10.8.